The molecule has 2 aromatic rings. The maximum absolute atomic E-state index is 12.2. The highest BCUT2D eigenvalue weighted by atomic mass is 16.5. The molecular formula is C16H19N3O4. The van der Waals surface area contributed by atoms with Crippen molar-refractivity contribution in [2.75, 3.05) is 20.8 Å². The monoisotopic (exact) mass is 317 g/mol. The lowest BCUT2D eigenvalue weighted by Gasteiger charge is -2.13. The second-order valence-electron chi connectivity index (χ2n) is 5.16. The van der Waals surface area contributed by atoms with E-state index in [-0.39, 0.29) is 5.91 Å². The average Bonchev–Trinajstić information content (AvgIpc) is 3.03. The highest BCUT2D eigenvalue weighted by Crippen LogP contribution is 2.27. The van der Waals surface area contributed by atoms with Crippen molar-refractivity contribution in [2.24, 2.45) is 0 Å². The Bertz CT molecular complexity index is 688. The topological polar surface area (TPSA) is 74.6 Å². The van der Waals surface area contributed by atoms with Gasteiger partial charge in [-0.1, -0.05) is 6.07 Å². The second kappa shape index (κ2) is 6.70. The molecule has 7 heteroatoms. The lowest BCUT2D eigenvalue weighted by atomic mass is 10.2. The Morgan fingerprint density at radius 1 is 1.35 bits per heavy atom. The van der Waals surface area contributed by atoms with Crippen molar-refractivity contribution in [2.45, 2.75) is 19.7 Å². The molecule has 0 bridgehead atoms. The van der Waals surface area contributed by atoms with Crippen LogP contribution >= 0.6 is 0 Å². The predicted octanol–water partition coefficient (Wildman–Crippen LogP) is 1.36. The summed E-state index contributed by atoms with van der Waals surface area (Å²) in [5.41, 5.74) is 1.33. The number of carbonyl (C=O) groups excluding carboxylic acids is 1. The minimum atomic E-state index is -0.207. The van der Waals surface area contributed by atoms with Crippen molar-refractivity contribution in [1.82, 2.24) is 14.9 Å². The van der Waals surface area contributed by atoms with Crippen molar-refractivity contribution < 1.29 is 19.0 Å². The van der Waals surface area contributed by atoms with Crippen molar-refractivity contribution in [3.8, 4) is 11.5 Å². The third-order valence-corrected chi connectivity index (χ3v) is 3.70. The van der Waals surface area contributed by atoms with Crippen LogP contribution in [0.2, 0.25) is 0 Å². The Balaban J connectivity index is 1.66. The van der Waals surface area contributed by atoms with Crippen LogP contribution in [0.5, 0.6) is 11.5 Å². The van der Waals surface area contributed by atoms with Crippen LogP contribution in [-0.4, -0.2) is 36.3 Å². The first kappa shape index (κ1) is 15.4. The summed E-state index contributed by atoms with van der Waals surface area (Å²) in [4.78, 5) is 16.5. The summed E-state index contributed by atoms with van der Waals surface area (Å²) in [5, 5.41) is 2.86. The van der Waals surface area contributed by atoms with E-state index in [0.717, 1.165) is 17.9 Å². The van der Waals surface area contributed by atoms with Gasteiger partial charge in [0, 0.05) is 19.3 Å². The summed E-state index contributed by atoms with van der Waals surface area (Å²) >= 11 is 0. The van der Waals surface area contributed by atoms with E-state index < -0.39 is 0 Å². The number of hydrogen-bond acceptors (Lipinski definition) is 5. The number of methoxy groups -OCH3 is 2. The van der Waals surface area contributed by atoms with E-state index in [0.29, 0.717) is 37.0 Å². The van der Waals surface area contributed by atoms with Gasteiger partial charge in [-0.15, -0.1) is 0 Å². The highest BCUT2D eigenvalue weighted by Gasteiger charge is 2.17. The molecule has 1 aromatic heterocycles. The van der Waals surface area contributed by atoms with Crippen LogP contribution < -0.4 is 14.8 Å². The average molecular weight is 317 g/mol. The second-order valence-corrected chi connectivity index (χ2v) is 5.16. The standard InChI is InChI=1S/C16H19N3O4/c1-21-13-4-3-11(7-14(13)22-2)8-17-16(20)12-9-19-5-6-23-10-15(19)18-12/h3-4,7,9H,5-6,8,10H2,1-2H3,(H,17,20). The molecule has 0 fully saturated rings. The van der Waals surface area contributed by atoms with Gasteiger partial charge in [0.2, 0.25) is 0 Å². The fourth-order valence-electron chi connectivity index (χ4n) is 2.46. The molecule has 0 saturated carbocycles. The zero-order valence-corrected chi connectivity index (χ0v) is 13.2. The molecule has 1 N–H and O–H groups in total. The van der Waals surface area contributed by atoms with Crippen LogP contribution in [0.1, 0.15) is 21.9 Å². The van der Waals surface area contributed by atoms with Gasteiger partial charge < -0.3 is 24.1 Å². The Hall–Kier alpha value is -2.54. The SMILES string of the molecule is COc1ccc(CNC(=O)c2cn3c(n2)COCC3)cc1OC. The number of rotatable bonds is 5. The Labute approximate surface area is 134 Å². The van der Waals surface area contributed by atoms with Gasteiger partial charge in [-0.2, -0.15) is 0 Å². The molecule has 23 heavy (non-hydrogen) atoms. The first-order valence-electron chi connectivity index (χ1n) is 7.34. The van der Waals surface area contributed by atoms with E-state index in [1.54, 1.807) is 20.4 Å². The number of amides is 1. The van der Waals surface area contributed by atoms with Gasteiger partial charge in [-0.25, -0.2) is 4.98 Å². The molecule has 1 aliphatic rings. The minimum absolute atomic E-state index is 0.207. The number of fused-ring (bicyclic) bond motifs is 1. The smallest absolute Gasteiger partial charge is 0.271 e. The third kappa shape index (κ3) is 3.29. The number of ether oxygens (including phenoxy) is 3. The van der Waals surface area contributed by atoms with Gasteiger partial charge in [0.05, 0.1) is 20.8 Å². The van der Waals surface area contributed by atoms with E-state index >= 15 is 0 Å². The lowest BCUT2D eigenvalue weighted by molar-refractivity contribution is 0.0816. The quantitative estimate of drug-likeness (QED) is 0.901. The largest absolute Gasteiger partial charge is 0.493 e. The Morgan fingerprint density at radius 2 is 2.17 bits per heavy atom. The molecule has 2 heterocycles. The highest BCUT2D eigenvalue weighted by molar-refractivity contribution is 5.92. The van der Waals surface area contributed by atoms with E-state index in [4.69, 9.17) is 14.2 Å². The van der Waals surface area contributed by atoms with Gasteiger partial charge in [0.15, 0.2) is 11.5 Å². The number of aromatic nitrogens is 2. The van der Waals surface area contributed by atoms with Crippen LogP contribution in [0.15, 0.2) is 24.4 Å². The first-order valence-corrected chi connectivity index (χ1v) is 7.34. The normalized spacial score (nSPS) is 13.3. The molecule has 122 valence electrons. The fourth-order valence-corrected chi connectivity index (χ4v) is 2.46. The van der Waals surface area contributed by atoms with E-state index in [1.165, 1.54) is 0 Å². The summed E-state index contributed by atoms with van der Waals surface area (Å²) in [6.07, 6.45) is 1.77. The molecule has 0 aliphatic carbocycles. The summed E-state index contributed by atoms with van der Waals surface area (Å²) in [7, 11) is 3.17. The number of nitrogens with one attached hydrogen (secondary N) is 1. The first-order chi connectivity index (χ1) is 11.2. The summed E-state index contributed by atoms with van der Waals surface area (Å²) in [6.45, 7) is 2.21. The maximum atomic E-state index is 12.2. The molecule has 0 unspecified atom stereocenters. The fraction of sp³-hybridized carbons (Fsp3) is 0.375. The van der Waals surface area contributed by atoms with Crippen LogP contribution in [0.25, 0.3) is 0 Å². The van der Waals surface area contributed by atoms with Gasteiger partial charge in [0.1, 0.15) is 18.1 Å². The number of benzene rings is 1. The molecule has 1 amide bonds. The number of hydrogen-bond donors (Lipinski definition) is 1. The minimum Gasteiger partial charge on any atom is -0.493 e. The maximum Gasteiger partial charge on any atom is 0.271 e. The van der Waals surface area contributed by atoms with Crippen LogP contribution in [0.3, 0.4) is 0 Å². The summed E-state index contributed by atoms with van der Waals surface area (Å²) in [5.74, 6) is 1.87. The van der Waals surface area contributed by atoms with Crippen LogP contribution in [0.4, 0.5) is 0 Å². The third-order valence-electron chi connectivity index (χ3n) is 3.70. The van der Waals surface area contributed by atoms with Gasteiger partial charge >= 0.3 is 0 Å². The molecule has 0 radical (unpaired) electrons. The number of carbonyl (C=O) groups is 1. The molecule has 3 rings (SSSR count). The van der Waals surface area contributed by atoms with Gasteiger partial charge in [-0.05, 0) is 17.7 Å². The van der Waals surface area contributed by atoms with Crippen LogP contribution in [0, 0.1) is 0 Å². The lowest BCUT2D eigenvalue weighted by Crippen LogP contribution is -2.23. The number of imidazole rings is 1. The summed E-state index contributed by atoms with van der Waals surface area (Å²) < 4.78 is 17.7. The van der Waals surface area contributed by atoms with E-state index in [2.05, 4.69) is 10.3 Å². The molecule has 0 saturated heterocycles. The van der Waals surface area contributed by atoms with Crippen molar-refractivity contribution in [3.05, 3.63) is 41.5 Å². The zero-order valence-electron chi connectivity index (χ0n) is 13.2. The van der Waals surface area contributed by atoms with Crippen LogP contribution in [-0.2, 0) is 24.4 Å². The van der Waals surface area contributed by atoms with Gasteiger partial charge in [0.25, 0.3) is 5.91 Å². The Kier molecular flexibility index (Phi) is 4.47. The Morgan fingerprint density at radius 3 is 2.91 bits per heavy atom. The van der Waals surface area contributed by atoms with Crippen molar-refractivity contribution >= 4 is 5.91 Å². The van der Waals surface area contributed by atoms with Crippen molar-refractivity contribution in [1.29, 1.82) is 0 Å². The molecule has 1 aliphatic heterocycles. The zero-order chi connectivity index (χ0) is 16.2. The molecular weight excluding hydrogens is 298 g/mol. The van der Waals surface area contributed by atoms with E-state index in [9.17, 15) is 4.79 Å². The molecule has 0 atom stereocenters. The van der Waals surface area contributed by atoms with Gasteiger partial charge in [-0.3, -0.25) is 4.79 Å². The molecule has 1 aromatic carbocycles. The van der Waals surface area contributed by atoms with Crippen molar-refractivity contribution in [3.63, 3.8) is 0 Å². The predicted molar refractivity (Wildman–Crippen MR) is 82.6 cm³/mol. The molecule has 0 spiro atoms. The van der Waals surface area contributed by atoms with E-state index in [1.807, 2.05) is 22.8 Å². The summed E-state index contributed by atoms with van der Waals surface area (Å²) in [6, 6.07) is 5.53. The molecule has 7 nitrogen and oxygen atoms in total. The number of nitrogens with zero attached hydrogens (tertiary/aromatic N) is 2.